The fourth-order valence-corrected chi connectivity index (χ4v) is 3.59. The molecule has 0 saturated carbocycles. The highest BCUT2D eigenvalue weighted by Crippen LogP contribution is 2.31. The average Bonchev–Trinajstić information content (AvgIpc) is 2.77. The number of carbonyl (C=O) groups is 3. The number of aryl methyl sites for hydroxylation is 1. The molecule has 1 aliphatic heterocycles. The van der Waals surface area contributed by atoms with Gasteiger partial charge in [0.1, 0.15) is 11.8 Å². The van der Waals surface area contributed by atoms with E-state index in [-0.39, 0.29) is 17.9 Å². The lowest BCUT2D eigenvalue weighted by molar-refractivity contribution is -0.157. The second-order valence-electron chi connectivity index (χ2n) is 8.38. The number of amides is 2. The van der Waals surface area contributed by atoms with Crippen molar-refractivity contribution in [3.05, 3.63) is 65.2 Å². The van der Waals surface area contributed by atoms with Crippen molar-refractivity contribution in [2.75, 3.05) is 6.61 Å². The standard InChI is InChI=1S/C25H30N2O5/c1-15(2)22(27-24(29)18-9-7-8-16(3)14-18)25(30)32-17(4)23(28)26-20-12-13-31-21-11-6-5-10-19(20)21/h5-11,14-15,17,20,22H,12-13H2,1-4H3,(H,26,28)(H,27,29)/t17?,20?,22-/m0/s1. The third kappa shape index (κ3) is 5.66. The van der Waals surface area contributed by atoms with Crippen LogP contribution < -0.4 is 15.4 Å². The van der Waals surface area contributed by atoms with Gasteiger partial charge in [-0.25, -0.2) is 4.79 Å². The molecule has 1 aliphatic rings. The van der Waals surface area contributed by atoms with Crippen molar-refractivity contribution in [1.82, 2.24) is 10.6 Å². The summed E-state index contributed by atoms with van der Waals surface area (Å²) in [5, 5.41) is 5.67. The average molecular weight is 439 g/mol. The Hall–Kier alpha value is -3.35. The number of ether oxygens (including phenoxy) is 2. The maximum Gasteiger partial charge on any atom is 0.329 e. The number of hydrogen-bond acceptors (Lipinski definition) is 5. The van der Waals surface area contributed by atoms with Crippen LogP contribution in [0.15, 0.2) is 48.5 Å². The highest BCUT2D eigenvalue weighted by atomic mass is 16.5. The Morgan fingerprint density at radius 1 is 1.06 bits per heavy atom. The lowest BCUT2D eigenvalue weighted by atomic mass is 10.0. The van der Waals surface area contributed by atoms with Crippen molar-refractivity contribution in [2.45, 2.75) is 52.3 Å². The van der Waals surface area contributed by atoms with Crippen LogP contribution in [0.25, 0.3) is 0 Å². The molecule has 3 rings (SSSR count). The molecular formula is C25H30N2O5. The van der Waals surface area contributed by atoms with Crippen molar-refractivity contribution >= 4 is 17.8 Å². The summed E-state index contributed by atoms with van der Waals surface area (Å²) in [4.78, 5) is 38.1. The third-order valence-corrected chi connectivity index (χ3v) is 5.42. The van der Waals surface area contributed by atoms with Gasteiger partial charge in [-0.2, -0.15) is 0 Å². The van der Waals surface area contributed by atoms with E-state index in [2.05, 4.69) is 10.6 Å². The summed E-state index contributed by atoms with van der Waals surface area (Å²) in [6.07, 6.45) is -0.375. The molecule has 2 unspecified atom stereocenters. The molecule has 170 valence electrons. The Morgan fingerprint density at radius 2 is 1.81 bits per heavy atom. The summed E-state index contributed by atoms with van der Waals surface area (Å²) >= 11 is 0. The number of esters is 1. The van der Waals surface area contributed by atoms with Crippen LogP contribution in [0.5, 0.6) is 5.75 Å². The van der Waals surface area contributed by atoms with E-state index in [0.29, 0.717) is 18.6 Å². The third-order valence-electron chi connectivity index (χ3n) is 5.42. The SMILES string of the molecule is Cc1cccc(C(=O)N[C@H](C(=O)OC(C)C(=O)NC2CCOc3ccccc32)C(C)C)c1. The topological polar surface area (TPSA) is 93.7 Å². The van der Waals surface area contributed by atoms with E-state index in [1.807, 2.05) is 51.1 Å². The number of benzene rings is 2. The van der Waals surface area contributed by atoms with Gasteiger partial charge in [0.05, 0.1) is 12.6 Å². The van der Waals surface area contributed by atoms with E-state index in [1.165, 1.54) is 6.92 Å². The summed E-state index contributed by atoms with van der Waals surface area (Å²) in [5.74, 6) is -0.870. The summed E-state index contributed by atoms with van der Waals surface area (Å²) in [7, 11) is 0. The fraction of sp³-hybridized carbons (Fsp3) is 0.400. The predicted molar refractivity (Wildman–Crippen MR) is 120 cm³/mol. The van der Waals surface area contributed by atoms with Crippen LogP contribution in [0.3, 0.4) is 0 Å². The van der Waals surface area contributed by atoms with Crippen molar-refractivity contribution < 1.29 is 23.9 Å². The molecule has 3 atom stereocenters. The summed E-state index contributed by atoms with van der Waals surface area (Å²) < 4.78 is 11.1. The van der Waals surface area contributed by atoms with Crippen molar-refractivity contribution in [1.29, 1.82) is 0 Å². The maximum absolute atomic E-state index is 12.8. The molecule has 0 fully saturated rings. The quantitative estimate of drug-likeness (QED) is 0.647. The largest absolute Gasteiger partial charge is 0.493 e. The molecule has 2 aromatic rings. The van der Waals surface area contributed by atoms with Crippen LogP contribution in [0, 0.1) is 12.8 Å². The van der Waals surface area contributed by atoms with E-state index in [0.717, 1.165) is 16.9 Å². The summed E-state index contributed by atoms with van der Waals surface area (Å²) in [5.41, 5.74) is 2.31. The molecule has 0 saturated heterocycles. The minimum Gasteiger partial charge on any atom is -0.493 e. The first-order chi connectivity index (χ1) is 15.3. The zero-order valence-corrected chi connectivity index (χ0v) is 18.9. The van der Waals surface area contributed by atoms with E-state index in [1.54, 1.807) is 18.2 Å². The normalized spacial score (nSPS) is 16.8. The Balaban J connectivity index is 1.61. The molecule has 1 heterocycles. The smallest absolute Gasteiger partial charge is 0.329 e. The minimum absolute atomic E-state index is 0.212. The number of para-hydroxylation sites is 1. The molecule has 2 amide bonds. The molecule has 2 N–H and O–H groups in total. The first-order valence-electron chi connectivity index (χ1n) is 10.9. The van der Waals surface area contributed by atoms with Crippen molar-refractivity contribution in [3.8, 4) is 5.75 Å². The van der Waals surface area contributed by atoms with Crippen LogP contribution in [-0.4, -0.2) is 36.5 Å². The van der Waals surface area contributed by atoms with E-state index >= 15 is 0 Å². The first kappa shape index (κ1) is 23.3. The number of rotatable bonds is 7. The van der Waals surface area contributed by atoms with Crippen LogP contribution in [-0.2, 0) is 14.3 Å². The van der Waals surface area contributed by atoms with E-state index < -0.39 is 24.0 Å². The molecule has 0 radical (unpaired) electrons. The van der Waals surface area contributed by atoms with Crippen molar-refractivity contribution in [2.24, 2.45) is 5.92 Å². The molecule has 32 heavy (non-hydrogen) atoms. The van der Waals surface area contributed by atoms with Crippen molar-refractivity contribution in [3.63, 3.8) is 0 Å². The van der Waals surface area contributed by atoms with E-state index in [9.17, 15) is 14.4 Å². The van der Waals surface area contributed by atoms with Gasteiger partial charge in [0.2, 0.25) is 0 Å². The van der Waals surface area contributed by atoms with Crippen LogP contribution in [0.2, 0.25) is 0 Å². The second kappa shape index (κ2) is 10.3. The second-order valence-corrected chi connectivity index (χ2v) is 8.38. The molecule has 0 bridgehead atoms. The Bertz CT molecular complexity index is 988. The molecule has 7 nitrogen and oxygen atoms in total. The maximum atomic E-state index is 12.8. The van der Waals surface area contributed by atoms with Gasteiger partial charge in [-0.1, -0.05) is 49.7 Å². The molecule has 0 spiro atoms. The van der Waals surface area contributed by atoms with Gasteiger partial charge in [0.25, 0.3) is 11.8 Å². The summed E-state index contributed by atoms with van der Waals surface area (Å²) in [6, 6.07) is 13.6. The fourth-order valence-electron chi connectivity index (χ4n) is 3.59. The highest BCUT2D eigenvalue weighted by molar-refractivity contribution is 5.97. The molecule has 0 aliphatic carbocycles. The van der Waals surface area contributed by atoms with Gasteiger partial charge in [-0.15, -0.1) is 0 Å². The van der Waals surface area contributed by atoms with Crippen LogP contribution >= 0.6 is 0 Å². The van der Waals surface area contributed by atoms with E-state index in [4.69, 9.17) is 9.47 Å². The number of nitrogens with one attached hydrogen (secondary N) is 2. The molecule has 0 aromatic heterocycles. The highest BCUT2D eigenvalue weighted by Gasteiger charge is 2.31. The van der Waals surface area contributed by atoms with Gasteiger partial charge in [0, 0.05) is 17.5 Å². The van der Waals surface area contributed by atoms with Crippen LogP contribution in [0.4, 0.5) is 0 Å². The molecular weight excluding hydrogens is 408 g/mol. The Kier molecular flexibility index (Phi) is 7.51. The first-order valence-corrected chi connectivity index (χ1v) is 10.9. The van der Waals surface area contributed by atoms with Gasteiger partial charge in [0.15, 0.2) is 6.10 Å². The van der Waals surface area contributed by atoms with Gasteiger partial charge < -0.3 is 20.1 Å². The predicted octanol–water partition coefficient (Wildman–Crippen LogP) is 3.32. The van der Waals surface area contributed by atoms with Gasteiger partial charge in [-0.3, -0.25) is 9.59 Å². The van der Waals surface area contributed by atoms with Gasteiger partial charge >= 0.3 is 5.97 Å². The number of fused-ring (bicyclic) bond motifs is 1. The lowest BCUT2D eigenvalue weighted by Gasteiger charge is -2.28. The molecule has 7 heteroatoms. The lowest BCUT2D eigenvalue weighted by Crippen LogP contribution is -2.48. The zero-order valence-electron chi connectivity index (χ0n) is 18.9. The van der Waals surface area contributed by atoms with Crippen LogP contribution in [0.1, 0.15) is 54.7 Å². The summed E-state index contributed by atoms with van der Waals surface area (Å²) in [6.45, 7) is 7.54. The number of carbonyl (C=O) groups excluding carboxylic acids is 3. The Labute approximate surface area is 188 Å². The zero-order chi connectivity index (χ0) is 23.3. The Morgan fingerprint density at radius 3 is 2.53 bits per heavy atom. The number of hydrogen-bond donors (Lipinski definition) is 2. The molecule has 2 aromatic carbocycles. The monoisotopic (exact) mass is 438 g/mol. The minimum atomic E-state index is -1.00. The van der Waals surface area contributed by atoms with Gasteiger partial charge in [-0.05, 0) is 38.0 Å².